The van der Waals surface area contributed by atoms with Gasteiger partial charge < -0.3 is 14.5 Å². The highest BCUT2D eigenvalue weighted by Gasteiger charge is 2.43. The highest BCUT2D eigenvalue weighted by atomic mass is 16.5. The number of benzene rings is 1. The minimum absolute atomic E-state index is 0.0609. The first kappa shape index (κ1) is 17.0. The van der Waals surface area contributed by atoms with Crippen molar-refractivity contribution in [1.82, 2.24) is 4.90 Å². The number of morpholine rings is 1. The molecule has 130 valence electrons. The Morgan fingerprint density at radius 3 is 2.50 bits per heavy atom. The number of hydrogen-bond acceptors (Lipinski definition) is 3. The number of para-hydroxylation sites is 1. The van der Waals surface area contributed by atoms with E-state index in [2.05, 4.69) is 0 Å². The first-order valence-electron chi connectivity index (χ1n) is 8.65. The van der Waals surface area contributed by atoms with Gasteiger partial charge in [0.1, 0.15) is 0 Å². The number of amides is 2. The maximum atomic E-state index is 12.8. The molecule has 0 saturated carbocycles. The summed E-state index contributed by atoms with van der Waals surface area (Å²) in [7, 11) is 0. The lowest BCUT2D eigenvalue weighted by Crippen LogP contribution is -2.49. The molecular weight excluding hydrogens is 304 g/mol. The van der Waals surface area contributed by atoms with Crippen LogP contribution in [0.2, 0.25) is 0 Å². The zero-order valence-electron chi connectivity index (χ0n) is 14.9. The van der Waals surface area contributed by atoms with E-state index in [1.165, 1.54) is 0 Å². The fourth-order valence-electron chi connectivity index (χ4n) is 3.77. The highest BCUT2D eigenvalue weighted by Crippen LogP contribution is 2.41. The molecular formula is C19H26N2O3. The summed E-state index contributed by atoms with van der Waals surface area (Å²) in [6, 6.07) is 7.86. The summed E-state index contributed by atoms with van der Waals surface area (Å²) in [5.74, 6) is 0.159. The van der Waals surface area contributed by atoms with Crippen LogP contribution in [0.25, 0.3) is 0 Å². The lowest BCUT2D eigenvalue weighted by molar-refractivity contribution is -0.143. The molecule has 2 atom stereocenters. The van der Waals surface area contributed by atoms with E-state index in [1.54, 1.807) is 4.90 Å². The minimum atomic E-state index is -0.526. The van der Waals surface area contributed by atoms with Gasteiger partial charge in [-0.25, -0.2) is 0 Å². The van der Waals surface area contributed by atoms with E-state index in [0.717, 1.165) is 11.3 Å². The van der Waals surface area contributed by atoms with Crippen LogP contribution in [-0.4, -0.2) is 48.6 Å². The fourth-order valence-corrected chi connectivity index (χ4v) is 3.77. The molecule has 0 spiro atoms. The average molecular weight is 330 g/mol. The van der Waals surface area contributed by atoms with Gasteiger partial charge in [0.05, 0.1) is 17.6 Å². The summed E-state index contributed by atoms with van der Waals surface area (Å²) in [5.41, 5.74) is 1.45. The Morgan fingerprint density at radius 1 is 1.21 bits per heavy atom. The smallest absolute Gasteiger partial charge is 0.237 e. The lowest BCUT2D eigenvalue weighted by Gasteiger charge is -2.35. The predicted molar refractivity (Wildman–Crippen MR) is 93.0 cm³/mol. The topological polar surface area (TPSA) is 49.9 Å². The van der Waals surface area contributed by atoms with E-state index < -0.39 is 5.41 Å². The third-order valence-corrected chi connectivity index (χ3v) is 4.97. The minimum Gasteiger partial charge on any atom is -0.372 e. The average Bonchev–Trinajstić information content (AvgIpc) is 2.72. The lowest BCUT2D eigenvalue weighted by atomic mass is 9.86. The van der Waals surface area contributed by atoms with Crippen molar-refractivity contribution in [3.05, 3.63) is 29.8 Å². The monoisotopic (exact) mass is 330 g/mol. The standard InChI is InChI=1S/C19H26N2O3/c1-13-11-20(12-14(2)24-13)17(22)9-10-21-16-8-6-5-7-15(16)19(3,4)18(21)23/h5-8,13-14H,9-12H2,1-4H3/t13-,14-/m1/s1. The second kappa shape index (κ2) is 6.20. The van der Waals surface area contributed by atoms with Crippen LogP contribution in [-0.2, 0) is 19.7 Å². The Labute approximate surface area is 143 Å². The molecule has 2 amide bonds. The molecule has 5 nitrogen and oxygen atoms in total. The first-order valence-corrected chi connectivity index (χ1v) is 8.65. The summed E-state index contributed by atoms with van der Waals surface area (Å²) in [6.45, 7) is 9.54. The van der Waals surface area contributed by atoms with Gasteiger partial charge in [-0.2, -0.15) is 0 Å². The molecule has 24 heavy (non-hydrogen) atoms. The maximum absolute atomic E-state index is 12.8. The van der Waals surface area contributed by atoms with Gasteiger partial charge >= 0.3 is 0 Å². The molecule has 5 heteroatoms. The molecule has 1 aromatic carbocycles. The molecule has 2 heterocycles. The Kier molecular flexibility index (Phi) is 4.38. The Balaban J connectivity index is 1.69. The number of nitrogens with zero attached hydrogens (tertiary/aromatic N) is 2. The van der Waals surface area contributed by atoms with E-state index in [4.69, 9.17) is 4.74 Å². The summed E-state index contributed by atoms with van der Waals surface area (Å²) >= 11 is 0. The summed E-state index contributed by atoms with van der Waals surface area (Å²) in [5, 5.41) is 0. The van der Waals surface area contributed by atoms with Crippen molar-refractivity contribution >= 4 is 17.5 Å². The van der Waals surface area contributed by atoms with Crippen LogP contribution in [0, 0.1) is 0 Å². The van der Waals surface area contributed by atoms with Gasteiger partial charge in [0.25, 0.3) is 0 Å². The van der Waals surface area contributed by atoms with Crippen molar-refractivity contribution in [1.29, 1.82) is 0 Å². The van der Waals surface area contributed by atoms with Crippen LogP contribution >= 0.6 is 0 Å². The number of carbonyl (C=O) groups excluding carboxylic acids is 2. The number of ether oxygens (including phenoxy) is 1. The van der Waals surface area contributed by atoms with E-state index in [1.807, 2.05) is 56.9 Å². The maximum Gasteiger partial charge on any atom is 0.237 e. The van der Waals surface area contributed by atoms with Crippen LogP contribution < -0.4 is 4.90 Å². The molecule has 2 aliphatic heterocycles. The van der Waals surface area contributed by atoms with E-state index in [9.17, 15) is 9.59 Å². The molecule has 1 saturated heterocycles. The fraction of sp³-hybridized carbons (Fsp3) is 0.579. The number of anilines is 1. The quantitative estimate of drug-likeness (QED) is 0.855. The Hall–Kier alpha value is -1.88. The number of carbonyl (C=O) groups is 2. The van der Waals surface area contributed by atoms with Crippen LogP contribution in [0.3, 0.4) is 0 Å². The van der Waals surface area contributed by atoms with Gasteiger partial charge in [-0.05, 0) is 39.3 Å². The van der Waals surface area contributed by atoms with E-state index in [0.29, 0.717) is 26.1 Å². The molecule has 0 unspecified atom stereocenters. The van der Waals surface area contributed by atoms with Gasteiger partial charge in [-0.15, -0.1) is 0 Å². The highest BCUT2D eigenvalue weighted by molar-refractivity contribution is 6.07. The molecule has 2 aliphatic rings. The van der Waals surface area contributed by atoms with Crippen molar-refractivity contribution in [3.8, 4) is 0 Å². The molecule has 0 N–H and O–H groups in total. The summed E-state index contributed by atoms with van der Waals surface area (Å²) < 4.78 is 5.68. The van der Waals surface area contributed by atoms with Gasteiger partial charge in [-0.3, -0.25) is 9.59 Å². The Morgan fingerprint density at radius 2 is 1.83 bits per heavy atom. The first-order chi connectivity index (χ1) is 11.3. The second-order valence-electron chi connectivity index (χ2n) is 7.40. The third-order valence-electron chi connectivity index (χ3n) is 4.97. The zero-order chi connectivity index (χ0) is 17.5. The van der Waals surface area contributed by atoms with E-state index in [-0.39, 0.29) is 24.0 Å². The summed E-state index contributed by atoms with van der Waals surface area (Å²) in [6.07, 6.45) is 0.465. The van der Waals surface area contributed by atoms with Gasteiger partial charge in [0.2, 0.25) is 11.8 Å². The van der Waals surface area contributed by atoms with Crippen LogP contribution in [0.4, 0.5) is 5.69 Å². The van der Waals surface area contributed by atoms with Crippen molar-refractivity contribution in [2.45, 2.75) is 51.7 Å². The molecule has 0 aliphatic carbocycles. The SMILES string of the molecule is C[C@@H]1CN(C(=O)CCN2C(=O)C(C)(C)c3ccccc32)C[C@@H](C)O1. The largest absolute Gasteiger partial charge is 0.372 e. The normalized spacial score (nSPS) is 25.8. The van der Waals surface area contributed by atoms with E-state index >= 15 is 0 Å². The third kappa shape index (κ3) is 2.93. The van der Waals surface area contributed by atoms with Gasteiger partial charge in [0, 0.05) is 31.7 Å². The van der Waals surface area contributed by atoms with Crippen LogP contribution in [0.15, 0.2) is 24.3 Å². The molecule has 0 bridgehead atoms. The Bertz CT molecular complexity index is 646. The van der Waals surface area contributed by atoms with Gasteiger partial charge in [-0.1, -0.05) is 18.2 Å². The zero-order valence-corrected chi connectivity index (χ0v) is 14.9. The second-order valence-corrected chi connectivity index (χ2v) is 7.40. The molecule has 1 fully saturated rings. The van der Waals surface area contributed by atoms with Crippen molar-refractivity contribution in [2.24, 2.45) is 0 Å². The summed E-state index contributed by atoms with van der Waals surface area (Å²) in [4.78, 5) is 28.9. The van der Waals surface area contributed by atoms with Crippen molar-refractivity contribution < 1.29 is 14.3 Å². The predicted octanol–water partition coefficient (Wildman–Crippen LogP) is 2.34. The van der Waals surface area contributed by atoms with Crippen LogP contribution in [0.5, 0.6) is 0 Å². The van der Waals surface area contributed by atoms with Crippen molar-refractivity contribution in [2.75, 3.05) is 24.5 Å². The number of rotatable bonds is 3. The molecule has 0 radical (unpaired) electrons. The molecule has 3 rings (SSSR count). The van der Waals surface area contributed by atoms with Crippen LogP contribution in [0.1, 0.15) is 39.7 Å². The molecule has 0 aromatic heterocycles. The van der Waals surface area contributed by atoms with Gasteiger partial charge in [0.15, 0.2) is 0 Å². The number of fused-ring (bicyclic) bond motifs is 1. The van der Waals surface area contributed by atoms with Crippen molar-refractivity contribution in [3.63, 3.8) is 0 Å². The molecule has 1 aromatic rings. The number of hydrogen-bond donors (Lipinski definition) is 0.